The van der Waals surface area contributed by atoms with Crippen molar-refractivity contribution in [1.29, 1.82) is 0 Å². The molecule has 3 aromatic carbocycles. The van der Waals surface area contributed by atoms with Crippen LogP contribution in [0.1, 0.15) is 27.0 Å². The van der Waals surface area contributed by atoms with E-state index in [4.69, 9.17) is 11.6 Å². The van der Waals surface area contributed by atoms with Gasteiger partial charge in [0.05, 0.1) is 18.5 Å². The SMILES string of the molecule is Cc1cc(C)cc(N(Cc2ccc(C(=O)Nc3cccc(Cl)c3)cc2)S(C)(=O)=O)c1. The van der Waals surface area contributed by atoms with E-state index in [1.165, 1.54) is 10.6 Å². The zero-order valence-electron chi connectivity index (χ0n) is 17.0. The Bertz CT molecular complexity index is 1160. The maximum atomic E-state index is 12.5. The van der Waals surface area contributed by atoms with E-state index >= 15 is 0 Å². The molecule has 30 heavy (non-hydrogen) atoms. The largest absolute Gasteiger partial charge is 0.322 e. The van der Waals surface area contributed by atoms with Gasteiger partial charge in [-0.05, 0) is 73.0 Å². The summed E-state index contributed by atoms with van der Waals surface area (Å²) in [6, 6.07) is 19.5. The third-order valence-electron chi connectivity index (χ3n) is 4.52. The molecule has 3 rings (SSSR count). The number of halogens is 1. The summed E-state index contributed by atoms with van der Waals surface area (Å²) in [4.78, 5) is 12.5. The van der Waals surface area contributed by atoms with Gasteiger partial charge >= 0.3 is 0 Å². The molecular weight excluding hydrogens is 420 g/mol. The number of anilines is 2. The molecule has 0 aliphatic rings. The van der Waals surface area contributed by atoms with E-state index in [9.17, 15) is 13.2 Å². The van der Waals surface area contributed by atoms with Crippen molar-refractivity contribution < 1.29 is 13.2 Å². The molecule has 0 saturated heterocycles. The average molecular weight is 443 g/mol. The second-order valence-electron chi connectivity index (χ2n) is 7.28. The first-order chi connectivity index (χ1) is 14.1. The van der Waals surface area contributed by atoms with Crippen LogP contribution in [0.4, 0.5) is 11.4 Å². The van der Waals surface area contributed by atoms with Crippen molar-refractivity contribution in [3.8, 4) is 0 Å². The number of hydrogen-bond acceptors (Lipinski definition) is 3. The van der Waals surface area contributed by atoms with E-state index in [1.807, 2.05) is 32.0 Å². The zero-order valence-corrected chi connectivity index (χ0v) is 18.6. The van der Waals surface area contributed by atoms with Crippen LogP contribution in [0.2, 0.25) is 5.02 Å². The molecule has 0 aliphatic heterocycles. The van der Waals surface area contributed by atoms with Gasteiger partial charge in [-0.25, -0.2) is 8.42 Å². The Kier molecular flexibility index (Phi) is 6.48. The molecule has 0 saturated carbocycles. The van der Waals surface area contributed by atoms with Gasteiger partial charge in [0.25, 0.3) is 5.91 Å². The number of aryl methyl sites for hydroxylation is 2. The molecular formula is C23H23ClN2O3S. The molecule has 3 aromatic rings. The first-order valence-corrected chi connectivity index (χ1v) is 11.6. The molecule has 0 radical (unpaired) electrons. The second kappa shape index (κ2) is 8.90. The average Bonchev–Trinajstić information content (AvgIpc) is 2.65. The predicted molar refractivity (Wildman–Crippen MR) is 123 cm³/mol. The molecule has 0 spiro atoms. The molecule has 156 valence electrons. The van der Waals surface area contributed by atoms with E-state index < -0.39 is 10.0 Å². The van der Waals surface area contributed by atoms with Gasteiger partial charge in [0.2, 0.25) is 10.0 Å². The second-order valence-corrected chi connectivity index (χ2v) is 9.62. The minimum atomic E-state index is -3.48. The maximum absolute atomic E-state index is 12.5. The standard InChI is InChI=1S/C23H23ClN2O3S/c1-16-11-17(2)13-22(12-16)26(30(3,28)29)15-18-7-9-19(10-8-18)23(27)25-21-6-4-5-20(24)14-21/h4-14H,15H2,1-3H3,(H,25,27). The van der Waals surface area contributed by atoms with Gasteiger partial charge in [-0.1, -0.05) is 35.9 Å². The number of sulfonamides is 1. The highest BCUT2D eigenvalue weighted by molar-refractivity contribution is 7.92. The lowest BCUT2D eigenvalue weighted by atomic mass is 10.1. The quantitative estimate of drug-likeness (QED) is 0.572. The first-order valence-electron chi connectivity index (χ1n) is 9.34. The maximum Gasteiger partial charge on any atom is 0.255 e. The summed E-state index contributed by atoms with van der Waals surface area (Å²) in [7, 11) is -3.48. The summed E-state index contributed by atoms with van der Waals surface area (Å²) in [6.07, 6.45) is 1.19. The predicted octanol–water partition coefficient (Wildman–Crippen LogP) is 5.18. The molecule has 0 heterocycles. The molecule has 0 aromatic heterocycles. The van der Waals surface area contributed by atoms with Crippen LogP contribution in [0, 0.1) is 13.8 Å². The number of nitrogens with zero attached hydrogens (tertiary/aromatic N) is 1. The monoisotopic (exact) mass is 442 g/mol. The summed E-state index contributed by atoms with van der Waals surface area (Å²) in [5, 5.41) is 3.33. The van der Waals surface area contributed by atoms with Crippen molar-refractivity contribution in [2.45, 2.75) is 20.4 Å². The molecule has 1 N–H and O–H groups in total. The number of amides is 1. The van der Waals surface area contributed by atoms with E-state index in [2.05, 4.69) is 5.32 Å². The normalized spacial score (nSPS) is 11.2. The van der Waals surface area contributed by atoms with Crippen molar-refractivity contribution in [2.24, 2.45) is 0 Å². The lowest BCUT2D eigenvalue weighted by Gasteiger charge is -2.23. The van der Waals surface area contributed by atoms with Crippen molar-refractivity contribution >= 4 is 38.9 Å². The van der Waals surface area contributed by atoms with Crippen LogP contribution in [0.5, 0.6) is 0 Å². The summed E-state index contributed by atoms with van der Waals surface area (Å²) in [5.74, 6) is -0.266. The molecule has 1 amide bonds. The van der Waals surface area contributed by atoms with Gasteiger partial charge in [0.1, 0.15) is 0 Å². The van der Waals surface area contributed by atoms with Gasteiger partial charge in [0, 0.05) is 16.3 Å². The number of rotatable bonds is 6. The van der Waals surface area contributed by atoms with Crippen molar-refractivity contribution in [3.05, 3.63) is 94.0 Å². The molecule has 7 heteroatoms. The lowest BCUT2D eigenvalue weighted by molar-refractivity contribution is 0.102. The summed E-state index contributed by atoms with van der Waals surface area (Å²) in [5.41, 5.74) is 4.46. The third kappa shape index (κ3) is 5.62. The fourth-order valence-corrected chi connectivity index (χ4v) is 4.25. The minimum absolute atomic E-state index is 0.178. The Morgan fingerprint density at radius 2 is 1.60 bits per heavy atom. The van der Waals surface area contributed by atoms with Crippen LogP contribution in [0.3, 0.4) is 0 Å². The highest BCUT2D eigenvalue weighted by Crippen LogP contribution is 2.24. The van der Waals surface area contributed by atoms with Crippen LogP contribution in [0.15, 0.2) is 66.7 Å². The number of hydrogen-bond donors (Lipinski definition) is 1. The van der Waals surface area contributed by atoms with Crippen LogP contribution in [-0.2, 0) is 16.6 Å². The minimum Gasteiger partial charge on any atom is -0.322 e. The number of benzene rings is 3. The van der Waals surface area contributed by atoms with Crippen molar-refractivity contribution in [2.75, 3.05) is 15.9 Å². The van der Waals surface area contributed by atoms with Crippen LogP contribution < -0.4 is 9.62 Å². The fraction of sp³-hybridized carbons (Fsp3) is 0.174. The molecule has 0 unspecified atom stereocenters. The van der Waals surface area contributed by atoms with E-state index in [-0.39, 0.29) is 12.5 Å². The fourth-order valence-electron chi connectivity index (χ4n) is 3.19. The molecule has 0 fully saturated rings. The van der Waals surface area contributed by atoms with Crippen LogP contribution >= 0.6 is 11.6 Å². The Balaban J connectivity index is 1.79. The lowest BCUT2D eigenvalue weighted by Crippen LogP contribution is -2.29. The third-order valence-corrected chi connectivity index (χ3v) is 5.90. The van der Waals surface area contributed by atoms with E-state index in [0.29, 0.717) is 22.0 Å². The Labute approximate surface area is 182 Å². The Morgan fingerprint density at radius 3 is 2.17 bits per heavy atom. The summed E-state index contributed by atoms with van der Waals surface area (Å²) >= 11 is 5.95. The number of nitrogens with one attached hydrogen (secondary N) is 1. The van der Waals surface area contributed by atoms with Crippen molar-refractivity contribution in [3.63, 3.8) is 0 Å². The zero-order chi connectivity index (χ0) is 21.9. The van der Waals surface area contributed by atoms with Gasteiger partial charge in [-0.15, -0.1) is 0 Å². The van der Waals surface area contributed by atoms with Gasteiger partial charge in [0.15, 0.2) is 0 Å². The highest BCUT2D eigenvalue weighted by Gasteiger charge is 2.19. The summed E-state index contributed by atoms with van der Waals surface area (Å²) < 4.78 is 26.2. The summed E-state index contributed by atoms with van der Waals surface area (Å²) in [6.45, 7) is 4.05. The smallest absolute Gasteiger partial charge is 0.255 e. The van der Waals surface area contributed by atoms with Gasteiger partial charge in [-0.2, -0.15) is 0 Å². The topological polar surface area (TPSA) is 66.5 Å². The van der Waals surface area contributed by atoms with Crippen molar-refractivity contribution in [1.82, 2.24) is 0 Å². The molecule has 0 bridgehead atoms. The van der Waals surface area contributed by atoms with E-state index in [1.54, 1.807) is 48.5 Å². The van der Waals surface area contributed by atoms with Gasteiger partial charge in [-0.3, -0.25) is 9.10 Å². The van der Waals surface area contributed by atoms with E-state index in [0.717, 1.165) is 16.7 Å². The van der Waals surface area contributed by atoms with Gasteiger partial charge < -0.3 is 5.32 Å². The Hall–Kier alpha value is -2.83. The number of carbonyl (C=O) groups excluding carboxylic acids is 1. The highest BCUT2D eigenvalue weighted by atomic mass is 35.5. The van der Waals surface area contributed by atoms with Crippen LogP contribution in [0.25, 0.3) is 0 Å². The molecule has 0 aliphatic carbocycles. The van der Waals surface area contributed by atoms with Crippen LogP contribution in [-0.4, -0.2) is 20.6 Å². The first kappa shape index (κ1) is 21.9. The Morgan fingerprint density at radius 1 is 0.967 bits per heavy atom. The number of carbonyl (C=O) groups is 1. The molecule has 0 atom stereocenters. The molecule has 5 nitrogen and oxygen atoms in total.